The van der Waals surface area contributed by atoms with Crippen LogP contribution in [0.4, 0.5) is 0 Å². The Morgan fingerprint density at radius 2 is 1.92 bits per heavy atom. The van der Waals surface area contributed by atoms with E-state index in [0.717, 1.165) is 6.42 Å². The smallest absolute Gasteiger partial charge is 0.150 e. The van der Waals surface area contributed by atoms with Gasteiger partial charge in [-0.25, -0.2) is 9.78 Å². The largest absolute Gasteiger partial charge is 0.230 e. The molecule has 1 unspecified atom stereocenters. The molecule has 0 saturated heterocycles. The van der Waals surface area contributed by atoms with Gasteiger partial charge in [-0.3, -0.25) is 0 Å². The van der Waals surface area contributed by atoms with Gasteiger partial charge in [0.1, 0.15) is 0 Å². The third-order valence-electron chi connectivity index (χ3n) is 0.925. The molecule has 12 heavy (non-hydrogen) atoms. The van der Waals surface area contributed by atoms with Crippen LogP contribution in [0.2, 0.25) is 0 Å². The highest BCUT2D eigenvalue weighted by Gasteiger charge is 2.12. The molecule has 0 rings (SSSR count). The first-order valence-corrected chi connectivity index (χ1v) is 4.28. The summed E-state index contributed by atoms with van der Waals surface area (Å²) in [6.07, 6.45) is 0.702. The predicted molar refractivity (Wildman–Crippen MR) is 49.5 cm³/mol. The number of hydrogen-bond acceptors (Lipinski definition) is 2. The second kappa shape index (κ2) is 5.18. The fourth-order valence-electron chi connectivity index (χ4n) is 0.486. The van der Waals surface area contributed by atoms with Gasteiger partial charge in [0.25, 0.3) is 0 Å². The molecule has 2 heteroatoms. The Labute approximate surface area is 75.2 Å². The molecule has 1 atom stereocenters. The average molecular weight is 170 g/mol. The molecular formula is C10H18O2. The number of hydrogen-bond donors (Lipinski definition) is 0. The Hall–Kier alpha value is -0.520. The molecule has 0 saturated carbocycles. The highest BCUT2D eigenvalue weighted by molar-refractivity contribution is 5.02. The molecule has 0 amide bonds. The van der Waals surface area contributed by atoms with Gasteiger partial charge >= 0.3 is 0 Å². The second-order valence-electron chi connectivity index (χ2n) is 3.61. The van der Waals surface area contributed by atoms with E-state index in [4.69, 9.17) is 9.78 Å². The molecular weight excluding hydrogens is 152 g/mol. The maximum absolute atomic E-state index is 5.09. The van der Waals surface area contributed by atoms with Crippen LogP contribution in [0.25, 0.3) is 0 Å². The standard InChI is InChI=1S/C10H18O2/c1-6-7-8-9(2)11-12-10(3,4)5/h9H,6H2,1-5H3. The van der Waals surface area contributed by atoms with Gasteiger partial charge in [0.2, 0.25) is 0 Å². The van der Waals surface area contributed by atoms with Crippen LogP contribution in [-0.4, -0.2) is 11.7 Å². The van der Waals surface area contributed by atoms with Crippen molar-refractivity contribution in [1.29, 1.82) is 0 Å². The topological polar surface area (TPSA) is 18.5 Å². The molecule has 0 aromatic carbocycles. The van der Waals surface area contributed by atoms with Crippen LogP contribution in [0.1, 0.15) is 41.0 Å². The molecule has 0 aromatic rings. The van der Waals surface area contributed by atoms with Crippen LogP contribution in [0.3, 0.4) is 0 Å². The van der Waals surface area contributed by atoms with E-state index in [0.29, 0.717) is 0 Å². The fourth-order valence-corrected chi connectivity index (χ4v) is 0.486. The van der Waals surface area contributed by atoms with E-state index >= 15 is 0 Å². The van der Waals surface area contributed by atoms with Gasteiger partial charge in [0, 0.05) is 6.42 Å². The molecule has 2 nitrogen and oxygen atoms in total. The van der Waals surface area contributed by atoms with E-state index in [1.807, 2.05) is 34.6 Å². The van der Waals surface area contributed by atoms with Crippen molar-refractivity contribution < 1.29 is 9.78 Å². The number of rotatable bonds is 2. The Bertz CT molecular complexity index is 169. The van der Waals surface area contributed by atoms with E-state index in [-0.39, 0.29) is 11.7 Å². The van der Waals surface area contributed by atoms with E-state index in [1.54, 1.807) is 0 Å². The quantitative estimate of drug-likeness (QED) is 0.360. The monoisotopic (exact) mass is 170 g/mol. The molecule has 0 heterocycles. The van der Waals surface area contributed by atoms with Gasteiger partial charge in [-0.2, -0.15) is 0 Å². The molecule has 70 valence electrons. The second-order valence-corrected chi connectivity index (χ2v) is 3.61. The first kappa shape index (κ1) is 11.5. The summed E-state index contributed by atoms with van der Waals surface area (Å²) in [5.41, 5.74) is -0.262. The molecule has 0 N–H and O–H groups in total. The molecule has 0 spiro atoms. The van der Waals surface area contributed by atoms with Gasteiger partial charge in [0.15, 0.2) is 6.10 Å². The zero-order chi connectivity index (χ0) is 9.61. The van der Waals surface area contributed by atoms with Crippen LogP contribution < -0.4 is 0 Å². The van der Waals surface area contributed by atoms with Crippen LogP contribution in [0.15, 0.2) is 0 Å². The Morgan fingerprint density at radius 3 is 2.33 bits per heavy atom. The SMILES string of the molecule is CCC#CC(C)OOC(C)(C)C. The van der Waals surface area contributed by atoms with Crippen LogP contribution in [0.5, 0.6) is 0 Å². The van der Waals surface area contributed by atoms with Crippen molar-refractivity contribution >= 4 is 0 Å². The summed E-state index contributed by atoms with van der Waals surface area (Å²) in [7, 11) is 0. The first-order valence-electron chi connectivity index (χ1n) is 4.28. The third kappa shape index (κ3) is 7.59. The lowest BCUT2D eigenvalue weighted by molar-refractivity contribution is -0.360. The molecule has 0 aliphatic heterocycles. The van der Waals surface area contributed by atoms with Gasteiger partial charge in [-0.05, 0) is 27.7 Å². The lowest BCUT2D eigenvalue weighted by Crippen LogP contribution is -2.22. The highest BCUT2D eigenvalue weighted by atomic mass is 17.2. The van der Waals surface area contributed by atoms with Crippen LogP contribution in [0, 0.1) is 11.8 Å². The van der Waals surface area contributed by atoms with Crippen LogP contribution >= 0.6 is 0 Å². The van der Waals surface area contributed by atoms with Crippen molar-refractivity contribution in [2.45, 2.75) is 52.7 Å². The zero-order valence-corrected chi connectivity index (χ0v) is 8.60. The fraction of sp³-hybridized carbons (Fsp3) is 0.800. The van der Waals surface area contributed by atoms with Gasteiger partial charge in [-0.15, -0.1) is 5.92 Å². The lowest BCUT2D eigenvalue weighted by Gasteiger charge is -2.18. The summed E-state index contributed by atoms with van der Waals surface area (Å²) in [4.78, 5) is 10.1. The molecule has 0 aliphatic carbocycles. The van der Waals surface area contributed by atoms with Gasteiger partial charge in [0.05, 0.1) is 5.60 Å². The Kier molecular flexibility index (Phi) is 4.96. The minimum atomic E-state index is -0.262. The zero-order valence-electron chi connectivity index (χ0n) is 8.60. The minimum absolute atomic E-state index is 0.149. The van der Waals surface area contributed by atoms with E-state index in [9.17, 15) is 0 Å². The van der Waals surface area contributed by atoms with Crippen LogP contribution in [-0.2, 0) is 9.78 Å². The van der Waals surface area contributed by atoms with Crippen molar-refractivity contribution in [2.75, 3.05) is 0 Å². The molecule has 0 aromatic heterocycles. The Morgan fingerprint density at radius 1 is 1.33 bits per heavy atom. The third-order valence-corrected chi connectivity index (χ3v) is 0.925. The summed E-state index contributed by atoms with van der Waals surface area (Å²) >= 11 is 0. The summed E-state index contributed by atoms with van der Waals surface area (Å²) in [5, 5.41) is 0. The van der Waals surface area contributed by atoms with Gasteiger partial charge < -0.3 is 0 Å². The summed E-state index contributed by atoms with van der Waals surface area (Å²) in [5.74, 6) is 5.84. The maximum Gasteiger partial charge on any atom is 0.150 e. The molecule has 0 aliphatic rings. The van der Waals surface area contributed by atoms with Crippen molar-refractivity contribution in [3.63, 3.8) is 0 Å². The molecule has 0 fully saturated rings. The first-order chi connectivity index (χ1) is 5.45. The van der Waals surface area contributed by atoms with E-state index in [2.05, 4.69) is 11.8 Å². The van der Waals surface area contributed by atoms with Crippen molar-refractivity contribution in [3.8, 4) is 11.8 Å². The van der Waals surface area contributed by atoms with Crippen molar-refractivity contribution in [3.05, 3.63) is 0 Å². The normalized spacial score (nSPS) is 13.4. The van der Waals surface area contributed by atoms with Crippen molar-refractivity contribution in [2.24, 2.45) is 0 Å². The summed E-state index contributed by atoms with van der Waals surface area (Å²) < 4.78 is 0. The van der Waals surface area contributed by atoms with Crippen molar-refractivity contribution in [1.82, 2.24) is 0 Å². The van der Waals surface area contributed by atoms with E-state index < -0.39 is 0 Å². The summed E-state index contributed by atoms with van der Waals surface area (Å²) in [6.45, 7) is 9.69. The maximum atomic E-state index is 5.09. The summed E-state index contributed by atoms with van der Waals surface area (Å²) in [6, 6.07) is 0. The molecule has 0 radical (unpaired) electrons. The lowest BCUT2D eigenvalue weighted by atomic mass is 10.2. The predicted octanol–water partition coefficient (Wildman–Crippen LogP) is 2.54. The molecule has 0 bridgehead atoms. The van der Waals surface area contributed by atoms with E-state index in [1.165, 1.54) is 0 Å². The van der Waals surface area contributed by atoms with Gasteiger partial charge in [-0.1, -0.05) is 12.8 Å². The Balaban J connectivity index is 3.64. The average Bonchev–Trinajstić information content (AvgIpc) is 1.95. The minimum Gasteiger partial charge on any atom is -0.230 e. The highest BCUT2D eigenvalue weighted by Crippen LogP contribution is 2.08.